The first-order valence-electron chi connectivity index (χ1n) is 5.85. The van der Waals surface area contributed by atoms with Crippen LogP contribution in [-0.4, -0.2) is 22.2 Å². The van der Waals surface area contributed by atoms with Crippen LogP contribution in [0.4, 0.5) is 17.1 Å². The quantitative estimate of drug-likeness (QED) is 0.409. The van der Waals surface area contributed by atoms with E-state index in [-0.39, 0.29) is 5.69 Å². The highest BCUT2D eigenvalue weighted by molar-refractivity contribution is 5.61. The van der Waals surface area contributed by atoms with Crippen molar-refractivity contribution in [1.82, 2.24) is 0 Å². The average molecular weight is 253 g/mol. The number of nitrogens with two attached hydrogens (primary N) is 1. The van der Waals surface area contributed by atoms with E-state index >= 15 is 0 Å². The minimum Gasteiger partial charge on any atom is -0.398 e. The van der Waals surface area contributed by atoms with Crippen LogP contribution in [0, 0.1) is 10.1 Å². The van der Waals surface area contributed by atoms with Gasteiger partial charge in [-0.05, 0) is 19.4 Å². The molecule has 18 heavy (non-hydrogen) atoms. The summed E-state index contributed by atoms with van der Waals surface area (Å²) in [6, 6.07) is 4.31. The van der Waals surface area contributed by atoms with E-state index in [1.807, 2.05) is 6.92 Å². The van der Waals surface area contributed by atoms with Crippen molar-refractivity contribution in [3.05, 3.63) is 28.3 Å². The van der Waals surface area contributed by atoms with Gasteiger partial charge in [-0.25, -0.2) is 0 Å². The number of nitrogens with zero attached hydrogens (tertiary/aromatic N) is 1. The first-order valence-corrected chi connectivity index (χ1v) is 5.85. The molecule has 0 aliphatic carbocycles. The van der Waals surface area contributed by atoms with Gasteiger partial charge in [0.1, 0.15) is 0 Å². The van der Waals surface area contributed by atoms with Crippen molar-refractivity contribution >= 4 is 17.1 Å². The van der Waals surface area contributed by atoms with Crippen LogP contribution in [0.1, 0.15) is 26.7 Å². The van der Waals surface area contributed by atoms with Crippen LogP contribution in [0.15, 0.2) is 18.2 Å². The van der Waals surface area contributed by atoms with Gasteiger partial charge in [-0.2, -0.15) is 0 Å². The predicted octanol–water partition coefficient (Wildman–Crippen LogP) is 2.14. The number of hydrogen-bond donors (Lipinski definition) is 3. The third-order valence-electron chi connectivity index (χ3n) is 2.61. The standard InChI is InChI=1S/C12H19N3O3/c1-3-4-12(2,16)8-14-10-5-9(13)6-11(7-10)15(17)18/h5-7,14,16H,3-4,8,13H2,1-2H3. The Morgan fingerprint density at radius 3 is 2.72 bits per heavy atom. The summed E-state index contributed by atoms with van der Waals surface area (Å²) < 4.78 is 0. The van der Waals surface area contributed by atoms with Crippen molar-refractivity contribution < 1.29 is 10.0 Å². The molecule has 0 aliphatic heterocycles. The lowest BCUT2D eigenvalue weighted by Gasteiger charge is -2.23. The van der Waals surface area contributed by atoms with E-state index in [1.54, 1.807) is 13.0 Å². The van der Waals surface area contributed by atoms with Crippen molar-refractivity contribution in [3.8, 4) is 0 Å². The molecule has 1 aromatic rings. The molecule has 1 aromatic carbocycles. The van der Waals surface area contributed by atoms with Crippen molar-refractivity contribution in [3.63, 3.8) is 0 Å². The van der Waals surface area contributed by atoms with Gasteiger partial charge in [0.25, 0.3) is 5.69 Å². The van der Waals surface area contributed by atoms with Gasteiger partial charge in [0, 0.05) is 30.1 Å². The molecule has 6 nitrogen and oxygen atoms in total. The molecular formula is C12H19N3O3. The number of benzene rings is 1. The number of hydrogen-bond acceptors (Lipinski definition) is 5. The molecule has 1 rings (SSSR count). The monoisotopic (exact) mass is 253 g/mol. The molecule has 0 saturated heterocycles. The van der Waals surface area contributed by atoms with E-state index < -0.39 is 10.5 Å². The first kappa shape index (κ1) is 14.2. The topological polar surface area (TPSA) is 101 Å². The second-order valence-corrected chi connectivity index (χ2v) is 4.67. The van der Waals surface area contributed by atoms with Gasteiger partial charge in [-0.3, -0.25) is 10.1 Å². The van der Waals surface area contributed by atoms with E-state index in [4.69, 9.17) is 5.73 Å². The fourth-order valence-electron chi connectivity index (χ4n) is 1.76. The predicted molar refractivity (Wildman–Crippen MR) is 71.5 cm³/mol. The maximum absolute atomic E-state index is 10.7. The zero-order valence-corrected chi connectivity index (χ0v) is 10.6. The molecule has 1 unspecified atom stereocenters. The van der Waals surface area contributed by atoms with Crippen LogP contribution in [-0.2, 0) is 0 Å². The zero-order valence-electron chi connectivity index (χ0n) is 10.6. The number of non-ortho nitro benzene ring substituents is 1. The Balaban J connectivity index is 2.76. The highest BCUT2D eigenvalue weighted by Crippen LogP contribution is 2.23. The molecule has 0 amide bonds. The van der Waals surface area contributed by atoms with E-state index in [2.05, 4.69) is 5.32 Å². The second kappa shape index (κ2) is 5.68. The fraction of sp³-hybridized carbons (Fsp3) is 0.500. The third-order valence-corrected chi connectivity index (χ3v) is 2.61. The average Bonchev–Trinajstić information content (AvgIpc) is 2.26. The molecular weight excluding hydrogens is 234 g/mol. The van der Waals surface area contributed by atoms with Crippen LogP contribution in [0.5, 0.6) is 0 Å². The summed E-state index contributed by atoms with van der Waals surface area (Å²) in [5.41, 5.74) is 5.55. The first-order chi connectivity index (χ1) is 8.34. The molecule has 0 spiro atoms. The maximum Gasteiger partial charge on any atom is 0.273 e. The normalized spacial score (nSPS) is 13.9. The Hall–Kier alpha value is -1.82. The Kier molecular flexibility index (Phi) is 4.49. The number of nitrogens with one attached hydrogen (secondary N) is 1. The van der Waals surface area contributed by atoms with E-state index in [0.717, 1.165) is 6.42 Å². The van der Waals surface area contributed by atoms with Crippen LogP contribution >= 0.6 is 0 Å². The minimum atomic E-state index is -0.839. The van der Waals surface area contributed by atoms with E-state index in [9.17, 15) is 15.2 Å². The van der Waals surface area contributed by atoms with Gasteiger partial charge in [-0.1, -0.05) is 13.3 Å². The molecule has 0 heterocycles. The van der Waals surface area contributed by atoms with Crippen molar-refractivity contribution in [1.29, 1.82) is 0 Å². The lowest BCUT2D eigenvalue weighted by molar-refractivity contribution is -0.384. The summed E-state index contributed by atoms with van der Waals surface area (Å²) >= 11 is 0. The highest BCUT2D eigenvalue weighted by atomic mass is 16.6. The minimum absolute atomic E-state index is 0.0624. The summed E-state index contributed by atoms with van der Waals surface area (Å²) in [5.74, 6) is 0. The molecule has 0 bridgehead atoms. The number of anilines is 2. The summed E-state index contributed by atoms with van der Waals surface area (Å²) in [6.07, 6.45) is 1.52. The Morgan fingerprint density at radius 1 is 1.50 bits per heavy atom. The largest absolute Gasteiger partial charge is 0.398 e. The fourth-order valence-corrected chi connectivity index (χ4v) is 1.76. The van der Waals surface area contributed by atoms with Crippen molar-refractivity contribution in [2.75, 3.05) is 17.6 Å². The lowest BCUT2D eigenvalue weighted by Crippen LogP contribution is -2.33. The Morgan fingerprint density at radius 2 is 2.17 bits per heavy atom. The van der Waals surface area contributed by atoms with Crippen LogP contribution < -0.4 is 11.1 Å². The van der Waals surface area contributed by atoms with Gasteiger partial charge < -0.3 is 16.2 Å². The Labute approximate surface area is 106 Å². The SMILES string of the molecule is CCCC(C)(O)CNc1cc(N)cc([N+](=O)[O-])c1. The van der Waals surface area contributed by atoms with Crippen molar-refractivity contribution in [2.45, 2.75) is 32.3 Å². The van der Waals surface area contributed by atoms with Gasteiger partial charge in [0.05, 0.1) is 10.5 Å². The summed E-state index contributed by atoms with van der Waals surface area (Å²) in [4.78, 5) is 10.2. The van der Waals surface area contributed by atoms with Crippen LogP contribution in [0.2, 0.25) is 0 Å². The highest BCUT2D eigenvalue weighted by Gasteiger charge is 2.19. The number of rotatable bonds is 6. The number of aliphatic hydroxyl groups is 1. The zero-order chi connectivity index (χ0) is 13.8. The summed E-state index contributed by atoms with van der Waals surface area (Å²) in [7, 11) is 0. The van der Waals surface area contributed by atoms with E-state index in [1.165, 1.54) is 12.1 Å². The van der Waals surface area contributed by atoms with Gasteiger partial charge in [0.2, 0.25) is 0 Å². The molecule has 0 saturated carbocycles. The van der Waals surface area contributed by atoms with Crippen LogP contribution in [0.3, 0.4) is 0 Å². The molecule has 0 fully saturated rings. The summed E-state index contributed by atoms with van der Waals surface area (Å²) in [6.45, 7) is 4.03. The maximum atomic E-state index is 10.7. The summed E-state index contributed by atoms with van der Waals surface area (Å²) in [5, 5.41) is 23.6. The molecule has 4 N–H and O–H groups in total. The molecule has 0 aliphatic rings. The van der Waals surface area contributed by atoms with Crippen molar-refractivity contribution in [2.24, 2.45) is 0 Å². The number of nitro groups is 1. The molecule has 100 valence electrons. The van der Waals surface area contributed by atoms with Gasteiger partial charge in [-0.15, -0.1) is 0 Å². The van der Waals surface area contributed by atoms with Gasteiger partial charge in [0.15, 0.2) is 0 Å². The van der Waals surface area contributed by atoms with E-state index in [0.29, 0.717) is 24.3 Å². The van der Waals surface area contributed by atoms with Gasteiger partial charge >= 0.3 is 0 Å². The second-order valence-electron chi connectivity index (χ2n) is 4.67. The lowest BCUT2D eigenvalue weighted by atomic mass is 10.0. The number of nitrogen functional groups attached to an aromatic ring is 1. The molecule has 6 heteroatoms. The Bertz CT molecular complexity index is 433. The molecule has 0 radical (unpaired) electrons. The number of nitro benzene ring substituents is 1. The van der Waals surface area contributed by atoms with Crippen LogP contribution in [0.25, 0.3) is 0 Å². The molecule has 1 atom stereocenters. The third kappa shape index (κ3) is 4.21. The molecule has 0 aromatic heterocycles. The smallest absolute Gasteiger partial charge is 0.273 e.